The molecule has 5 nitrogen and oxygen atoms in total. The Morgan fingerprint density at radius 2 is 1.00 bits per heavy atom. The molecule has 0 bridgehead atoms. The molecule has 0 unspecified atom stereocenters. The monoisotopic (exact) mass is 1210 g/mol. The Morgan fingerprint density at radius 3 is 1.59 bits per heavy atom. The molecule has 0 fully saturated rings. The van der Waals surface area contributed by atoms with E-state index in [0.29, 0.717) is 28.4 Å². The minimum atomic E-state index is -2.43. The fourth-order valence-electron chi connectivity index (χ4n) is 10.9. The van der Waals surface area contributed by atoms with Gasteiger partial charge in [-0.05, 0) is 91.7 Å². The second-order valence-corrected chi connectivity index (χ2v) is 23.6. The molecular weight excluding hydrogens is 1140 g/mol. The SMILES string of the molecule is [2H]C([2H])([2H])c1cc(-n2c3[c-]c(Oc4[c-]c(N5[CH-]N(c6c(-c7ccccc7)cccc6-c6ccc(C(C)(C)C)cc6)c6ccccc65)cc(C(C)(C)C)c4)cc(-c4ccc(C(C)(C)C)cc4)c3c3ccccc32)ncc1-c1ccccc1.[Pt]. The number of benzene rings is 9. The van der Waals surface area contributed by atoms with E-state index in [2.05, 4.69) is 243 Å². The largest absolute Gasteiger partial charge is 0.509 e. The van der Waals surface area contributed by atoms with Crippen LogP contribution in [0.5, 0.6) is 11.5 Å². The third-order valence-electron chi connectivity index (χ3n) is 15.2. The van der Waals surface area contributed by atoms with E-state index in [-0.39, 0.29) is 42.9 Å². The minimum Gasteiger partial charge on any atom is -0.509 e. The zero-order valence-electron chi connectivity index (χ0n) is 49.2. The predicted molar refractivity (Wildman–Crippen MR) is 327 cm³/mol. The van der Waals surface area contributed by atoms with E-state index in [1.807, 2.05) is 47.0 Å². The summed E-state index contributed by atoms with van der Waals surface area (Å²) in [5, 5.41) is 1.92. The molecular formula is C73H65N4OPt-3. The van der Waals surface area contributed by atoms with Crippen molar-refractivity contribution in [2.75, 3.05) is 9.80 Å². The van der Waals surface area contributed by atoms with Gasteiger partial charge in [-0.2, -0.15) is 0 Å². The third-order valence-corrected chi connectivity index (χ3v) is 15.2. The summed E-state index contributed by atoms with van der Waals surface area (Å²) in [4.78, 5) is 9.62. The van der Waals surface area contributed by atoms with Crippen molar-refractivity contribution in [3.63, 3.8) is 0 Å². The molecule has 396 valence electrons. The fraction of sp³-hybridized carbons (Fsp3) is 0.178. The van der Waals surface area contributed by atoms with E-state index in [1.54, 1.807) is 12.3 Å². The molecule has 0 spiro atoms. The van der Waals surface area contributed by atoms with Gasteiger partial charge in [0.2, 0.25) is 0 Å². The summed E-state index contributed by atoms with van der Waals surface area (Å²) in [5.74, 6) is 1.45. The van der Waals surface area contributed by atoms with Crippen LogP contribution in [-0.2, 0) is 37.3 Å². The Labute approximate surface area is 485 Å². The summed E-state index contributed by atoms with van der Waals surface area (Å²) in [6.07, 6.45) is 1.69. The molecule has 0 aliphatic carbocycles. The Morgan fingerprint density at radius 1 is 0.481 bits per heavy atom. The smallest absolute Gasteiger partial charge is 0.135 e. The van der Waals surface area contributed by atoms with Gasteiger partial charge in [-0.15, -0.1) is 53.8 Å². The summed E-state index contributed by atoms with van der Waals surface area (Å²) >= 11 is 0. The van der Waals surface area contributed by atoms with Gasteiger partial charge in [-0.3, -0.25) is 0 Å². The maximum atomic E-state index is 8.78. The van der Waals surface area contributed by atoms with Crippen molar-refractivity contribution in [1.82, 2.24) is 9.55 Å². The molecule has 0 saturated heterocycles. The number of para-hydroxylation sites is 4. The second-order valence-electron chi connectivity index (χ2n) is 23.6. The van der Waals surface area contributed by atoms with Crippen LogP contribution in [0.1, 0.15) is 88.7 Å². The van der Waals surface area contributed by atoms with E-state index in [1.165, 1.54) is 11.1 Å². The number of anilines is 4. The molecule has 0 radical (unpaired) electrons. The van der Waals surface area contributed by atoms with Gasteiger partial charge in [0.25, 0.3) is 0 Å². The number of nitrogens with zero attached hydrogens (tertiary/aromatic N) is 4. The standard InChI is InChI=1S/C73H65N4O.Pt/c1-48-40-68(74-46-63(48)50-24-15-12-16-25-50)77-64-29-18-17-26-61(64)69-62(52-34-38-54(39-35-52)72(5,6)7)44-58(45-67(69)77)78-57-42-55(73(8,9)10)41-56(43-57)75-47-76(66-31-20-19-30-65(66)75)70-59(49-22-13-11-14-23-49)27-21-28-60(70)51-32-36-53(37-33-51)71(2,3)4;/h11-42,44,46-47H,1-10H3;/q-3;/i1D3;. The van der Waals surface area contributed by atoms with Crippen molar-refractivity contribution in [2.45, 2.75) is 85.4 Å². The van der Waals surface area contributed by atoms with Crippen LogP contribution in [-0.4, -0.2) is 9.55 Å². The first kappa shape index (κ1) is 49.3. The van der Waals surface area contributed by atoms with Crippen LogP contribution in [0.4, 0.5) is 22.7 Å². The Hall–Kier alpha value is -7.98. The number of pyridine rings is 1. The Kier molecular flexibility index (Phi) is 12.9. The van der Waals surface area contributed by atoms with Crippen LogP contribution in [0.3, 0.4) is 0 Å². The first-order chi connectivity index (χ1) is 38.7. The molecule has 0 N–H and O–H groups in total. The van der Waals surface area contributed by atoms with Gasteiger partial charge in [-0.1, -0.05) is 231 Å². The molecule has 0 atom stereocenters. The number of ether oxygens (including phenoxy) is 1. The zero-order valence-corrected chi connectivity index (χ0v) is 48.5. The molecule has 1 aliphatic heterocycles. The summed E-state index contributed by atoms with van der Waals surface area (Å²) in [7, 11) is 0. The van der Waals surface area contributed by atoms with Gasteiger partial charge < -0.3 is 19.1 Å². The quantitative estimate of drug-likeness (QED) is 0.135. The summed E-state index contributed by atoms with van der Waals surface area (Å²) in [6, 6.07) is 77.0. The second kappa shape index (κ2) is 20.7. The summed E-state index contributed by atoms with van der Waals surface area (Å²) in [5.41, 5.74) is 16.7. The molecule has 0 saturated carbocycles. The minimum absolute atomic E-state index is 0. The fourth-order valence-corrected chi connectivity index (χ4v) is 10.9. The maximum Gasteiger partial charge on any atom is 0.135 e. The van der Waals surface area contributed by atoms with Crippen LogP contribution >= 0.6 is 0 Å². The third kappa shape index (κ3) is 10.1. The maximum absolute atomic E-state index is 8.78. The summed E-state index contributed by atoms with van der Waals surface area (Å²) < 4.78 is 35.6. The molecule has 3 heterocycles. The molecule has 79 heavy (non-hydrogen) atoms. The number of aromatic nitrogens is 2. The van der Waals surface area contributed by atoms with Crippen molar-refractivity contribution >= 4 is 44.6 Å². The first-order valence-corrected chi connectivity index (χ1v) is 26.9. The van der Waals surface area contributed by atoms with Crippen LogP contribution < -0.4 is 14.5 Å². The summed E-state index contributed by atoms with van der Waals surface area (Å²) in [6.45, 7) is 19.8. The van der Waals surface area contributed by atoms with Crippen LogP contribution in [0.15, 0.2) is 206 Å². The average Bonchev–Trinajstić information content (AvgIpc) is 4.21. The van der Waals surface area contributed by atoms with E-state index >= 15 is 0 Å². The van der Waals surface area contributed by atoms with Crippen molar-refractivity contribution in [3.8, 4) is 61.8 Å². The van der Waals surface area contributed by atoms with Crippen LogP contribution in [0, 0.1) is 25.7 Å². The van der Waals surface area contributed by atoms with Gasteiger partial charge in [0.15, 0.2) is 0 Å². The number of hydrogen-bond donors (Lipinski definition) is 0. The van der Waals surface area contributed by atoms with Crippen molar-refractivity contribution in [1.29, 1.82) is 0 Å². The van der Waals surface area contributed by atoms with Crippen LogP contribution in [0.25, 0.3) is 72.1 Å². The number of aryl methyl sites for hydroxylation is 1. The normalized spacial score (nSPS) is 13.5. The van der Waals surface area contributed by atoms with Crippen molar-refractivity contribution in [3.05, 3.63) is 247 Å². The number of rotatable bonds is 9. The molecule has 6 heteroatoms. The van der Waals surface area contributed by atoms with Crippen molar-refractivity contribution < 1.29 is 29.9 Å². The van der Waals surface area contributed by atoms with Crippen LogP contribution in [0.2, 0.25) is 0 Å². The Bertz CT molecular complexity index is 4150. The number of fused-ring (bicyclic) bond motifs is 4. The van der Waals surface area contributed by atoms with E-state index in [9.17, 15) is 0 Å². The van der Waals surface area contributed by atoms with Crippen molar-refractivity contribution in [2.24, 2.45) is 0 Å². The van der Waals surface area contributed by atoms with Gasteiger partial charge in [0.1, 0.15) is 5.82 Å². The first-order valence-electron chi connectivity index (χ1n) is 28.4. The van der Waals surface area contributed by atoms with Gasteiger partial charge in [0, 0.05) is 82.1 Å². The zero-order chi connectivity index (χ0) is 56.6. The van der Waals surface area contributed by atoms with Gasteiger partial charge in [0.05, 0.1) is 0 Å². The molecule has 2 aromatic heterocycles. The molecule has 12 rings (SSSR count). The van der Waals surface area contributed by atoms with Gasteiger partial charge in [-0.25, -0.2) is 4.98 Å². The molecule has 9 aromatic carbocycles. The van der Waals surface area contributed by atoms with E-state index in [0.717, 1.165) is 83.5 Å². The average molecular weight is 1210 g/mol. The Balaban J connectivity index is 0.00000705. The topological polar surface area (TPSA) is 33.5 Å². The molecule has 1 aliphatic rings. The van der Waals surface area contributed by atoms with E-state index < -0.39 is 6.85 Å². The number of hydrogen-bond acceptors (Lipinski definition) is 4. The predicted octanol–water partition coefficient (Wildman–Crippen LogP) is 19.8. The molecule has 0 amide bonds. The van der Waals surface area contributed by atoms with Gasteiger partial charge >= 0.3 is 0 Å². The van der Waals surface area contributed by atoms with E-state index in [4.69, 9.17) is 13.8 Å². The molecule has 11 aromatic rings.